The molecular weight excluding hydrogens is 572 g/mol. The van der Waals surface area contributed by atoms with Crippen LogP contribution in [-0.2, 0) is 0 Å². The summed E-state index contributed by atoms with van der Waals surface area (Å²) in [4.78, 5) is 24.6. The summed E-state index contributed by atoms with van der Waals surface area (Å²) in [5.41, 5.74) is 5.98. The quantitative estimate of drug-likeness (QED) is 0.227. The minimum absolute atomic E-state index is 0.0269. The number of nitrogens with zero attached hydrogens (tertiary/aromatic N) is 1. The van der Waals surface area contributed by atoms with E-state index >= 15 is 0 Å². The number of alkyl halides is 2. The number of carbonyl (C=O) groups excluding carboxylic acids is 2. The van der Waals surface area contributed by atoms with Gasteiger partial charge in [0.05, 0.1) is 16.3 Å². The first-order valence-electron chi connectivity index (χ1n) is 12.1. The molecule has 0 radical (unpaired) electrons. The number of amides is 2. The predicted molar refractivity (Wildman–Crippen MR) is 148 cm³/mol. The van der Waals surface area contributed by atoms with E-state index in [1.165, 1.54) is 62.4 Å². The predicted octanol–water partition coefficient (Wildman–Crippen LogP) is 6.27. The highest BCUT2D eigenvalue weighted by molar-refractivity contribution is 6.34. The van der Waals surface area contributed by atoms with Gasteiger partial charge >= 0.3 is 6.10 Å². The maximum Gasteiger partial charge on any atom is 0.376 e. The second-order valence-corrected chi connectivity index (χ2v) is 9.67. The highest BCUT2D eigenvalue weighted by Crippen LogP contribution is 2.35. The van der Waals surface area contributed by atoms with Gasteiger partial charge in [-0.1, -0.05) is 55.6 Å². The molecule has 7 nitrogen and oxygen atoms in total. The first-order valence-corrected chi connectivity index (χ1v) is 12.8. The monoisotopic (exact) mass is 600 g/mol. The summed E-state index contributed by atoms with van der Waals surface area (Å²) in [6.07, 6.45) is -3.09. The fourth-order valence-electron chi connectivity index (χ4n) is 3.74. The number of nitrogens with two attached hydrogens (primary N) is 1. The molecule has 0 aliphatic carbocycles. The maximum absolute atomic E-state index is 14.3. The van der Waals surface area contributed by atoms with E-state index in [4.69, 9.17) is 28.9 Å². The number of anilines is 1. The van der Waals surface area contributed by atoms with Crippen molar-refractivity contribution in [3.63, 3.8) is 0 Å². The molecule has 0 spiro atoms. The van der Waals surface area contributed by atoms with Crippen molar-refractivity contribution in [3.05, 3.63) is 87.2 Å². The number of hydrogen-bond donors (Lipinski definition) is 4. The van der Waals surface area contributed by atoms with E-state index in [-0.39, 0.29) is 39.6 Å². The van der Waals surface area contributed by atoms with Gasteiger partial charge in [0.1, 0.15) is 5.82 Å². The third kappa shape index (κ3) is 8.18. The number of aliphatic hydroxyl groups is 3. The molecule has 0 unspecified atom stereocenters. The molecule has 3 aromatic rings. The van der Waals surface area contributed by atoms with Crippen molar-refractivity contribution < 1.29 is 38.1 Å². The summed E-state index contributed by atoms with van der Waals surface area (Å²) < 4.78 is 38.6. The van der Waals surface area contributed by atoms with E-state index in [2.05, 4.69) is 0 Å². The van der Waals surface area contributed by atoms with Crippen LogP contribution in [0.1, 0.15) is 59.4 Å². The first kappa shape index (κ1) is 33.1. The third-order valence-electron chi connectivity index (χ3n) is 5.81. The van der Waals surface area contributed by atoms with Crippen LogP contribution in [0.3, 0.4) is 0 Å². The Bertz CT molecular complexity index is 1360. The summed E-state index contributed by atoms with van der Waals surface area (Å²) in [5, 5.41) is 29.7. The van der Waals surface area contributed by atoms with Crippen LogP contribution in [0.5, 0.6) is 0 Å². The Labute approximate surface area is 239 Å². The molecule has 216 valence electrons. The Morgan fingerprint density at radius 2 is 1.62 bits per heavy atom. The van der Waals surface area contributed by atoms with Gasteiger partial charge in [0.15, 0.2) is 0 Å². The van der Waals surface area contributed by atoms with E-state index < -0.39 is 35.2 Å². The first-order chi connectivity index (χ1) is 18.5. The van der Waals surface area contributed by atoms with Crippen molar-refractivity contribution in [2.75, 3.05) is 4.90 Å². The summed E-state index contributed by atoms with van der Waals surface area (Å²) in [6.45, 7) is 4.79. The Morgan fingerprint density at radius 3 is 2.10 bits per heavy atom. The molecule has 12 heteroatoms. The van der Waals surface area contributed by atoms with Crippen molar-refractivity contribution in [2.45, 2.75) is 52.1 Å². The van der Waals surface area contributed by atoms with Crippen molar-refractivity contribution in [2.24, 2.45) is 5.73 Å². The third-order valence-corrected chi connectivity index (χ3v) is 6.46. The summed E-state index contributed by atoms with van der Waals surface area (Å²) in [5.74, 6) is -5.36. The van der Waals surface area contributed by atoms with Crippen LogP contribution in [0.15, 0.2) is 54.6 Å². The largest absolute Gasteiger partial charge is 0.376 e. The zero-order valence-corrected chi connectivity index (χ0v) is 23.4. The molecule has 0 aliphatic rings. The minimum Gasteiger partial charge on any atom is -0.366 e. The Balaban J connectivity index is 0.000000611. The summed E-state index contributed by atoms with van der Waals surface area (Å²) in [7, 11) is 0. The second kappa shape index (κ2) is 13.5. The van der Waals surface area contributed by atoms with Gasteiger partial charge in [0, 0.05) is 29.0 Å². The topological polar surface area (TPSA) is 124 Å². The lowest BCUT2D eigenvalue weighted by Crippen LogP contribution is -2.53. The van der Waals surface area contributed by atoms with Crippen LogP contribution in [0.2, 0.25) is 10.0 Å². The van der Waals surface area contributed by atoms with Gasteiger partial charge in [-0.25, -0.2) is 18.1 Å². The molecule has 3 aromatic carbocycles. The van der Waals surface area contributed by atoms with Gasteiger partial charge in [0.2, 0.25) is 11.8 Å². The number of benzene rings is 3. The van der Waals surface area contributed by atoms with Crippen LogP contribution in [0.4, 0.5) is 18.9 Å². The highest BCUT2D eigenvalue weighted by atomic mass is 35.5. The van der Waals surface area contributed by atoms with Crippen molar-refractivity contribution in [3.8, 4) is 11.1 Å². The standard InChI is InChI=1S/C22H17Cl2FN2O5.C6H12F2/c1-11-9-12(14-10-13(20(26)28)5-7-15(14)23)6-8-18(11)27(22(30,31)32)21(29)19-16(24)3-2-4-17(19)25;1-3-5-6(7,8)4-2/h2-10,30-32H,1H3,(H2,26,28);3-5H2,1-2H3. The van der Waals surface area contributed by atoms with Gasteiger partial charge in [0.25, 0.3) is 5.91 Å². The maximum atomic E-state index is 14.3. The van der Waals surface area contributed by atoms with Crippen LogP contribution in [-0.4, -0.2) is 39.2 Å². The van der Waals surface area contributed by atoms with E-state index in [1.54, 1.807) is 6.92 Å². The smallest absolute Gasteiger partial charge is 0.366 e. The van der Waals surface area contributed by atoms with Crippen LogP contribution in [0.25, 0.3) is 11.1 Å². The number of rotatable bonds is 8. The fourth-order valence-corrected chi connectivity index (χ4v) is 4.21. The fraction of sp³-hybridized carbons (Fsp3) is 0.286. The molecule has 0 atom stereocenters. The van der Waals surface area contributed by atoms with E-state index in [9.17, 15) is 38.1 Å². The second-order valence-electron chi connectivity index (χ2n) is 8.86. The lowest BCUT2D eigenvalue weighted by molar-refractivity contribution is -0.304. The molecule has 0 heterocycles. The molecule has 2 amide bonds. The van der Waals surface area contributed by atoms with Gasteiger partial charge in [-0.2, -0.15) is 0 Å². The molecule has 0 aromatic heterocycles. The Morgan fingerprint density at radius 1 is 0.975 bits per heavy atom. The van der Waals surface area contributed by atoms with E-state index in [1.807, 2.05) is 0 Å². The minimum atomic E-state index is -3.67. The lowest BCUT2D eigenvalue weighted by atomic mass is 9.99. The van der Waals surface area contributed by atoms with Crippen LogP contribution in [0, 0.1) is 12.7 Å². The molecule has 0 bridgehead atoms. The average Bonchev–Trinajstić information content (AvgIpc) is 2.85. The number of halogens is 5. The van der Waals surface area contributed by atoms with Crippen molar-refractivity contribution >= 4 is 40.7 Å². The molecular formula is C28H29Cl2F3N2O5. The zero-order valence-electron chi connectivity index (χ0n) is 21.9. The number of aryl methyl sites for hydroxylation is 1. The summed E-state index contributed by atoms with van der Waals surface area (Å²) in [6, 6.07) is 12.2. The number of primary amides is 1. The zero-order chi connectivity index (χ0) is 30.4. The number of hydrogen-bond acceptors (Lipinski definition) is 5. The van der Waals surface area contributed by atoms with E-state index in [0.717, 1.165) is 6.07 Å². The van der Waals surface area contributed by atoms with Crippen LogP contribution >= 0.6 is 23.2 Å². The Hall–Kier alpha value is -3.15. The van der Waals surface area contributed by atoms with Crippen molar-refractivity contribution in [1.29, 1.82) is 0 Å². The Kier molecular flexibility index (Phi) is 11.1. The molecule has 0 fully saturated rings. The highest BCUT2D eigenvalue weighted by Gasteiger charge is 2.38. The molecule has 0 saturated carbocycles. The molecule has 3 rings (SSSR count). The molecule has 40 heavy (non-hydrogen) atoms. The number of carbonyl (C=O) groups is 2. The average molecular weight is 601 g/mol. The van der Waals surface area contributed by atoms with E-state index in [0.29, 0.717) is 22.6 Å². The van der Waals surface area contributed by atoms with Crippen LogP contribution < -0.4 is 10.6 Å². The summed E-state index contributed by atoms with van der Waals surface area (Å²) >= 11 is 12.2. The van der Waals surface area contributed by atoms with Gasteiger partial charge < -0.3 is 21.1 Å². The normalized spacial score (nSPS) is 11.5. The van der Waals surface area contributed by atoms with Gasteiger partial charge in [-0.05, 0) is 60.5 Å². The van der Waals surface area contributed by atoms with Gasteiger partial charge in [-0.15, -0.1) is 0 Å². The lowest BCUT2D eigenvalue weighted by Gasteiger charge is -2.32. The molecule has 0 aliphatic heterocycles. The van der Waals surface area contributed by atoms with Gasteiger partial charge in [-0.3, -0.25) is 9.59 Å². The SMILES string of the molecule is CCCC(F)(F)CC.Cc1cc(-c2cc(C(N)=O)ccc2Cl)ccc1N(C(=O)c1c(F)cccc1Cl)C(O)(O)O. The molecule has 0 saturated heterocycles. The molecule has 5 N–H and O–H groups in total. The van der Waals surface area contributed by atoms with Crippen molar-refractivity contribution in [1.82, 2.24) is 0 Å².